The third kappa shape index (κ3) is 2.77. The zero-order valence-corrected chi connectivity index (χ0v) is 12.5. The molecule has 0 bridgehead atoms. The van der Waals surface area contributed by atoms with Crippen molar-refractivity contribution in [3.63, 3.8) is 0 Å². The van der Waals surface area contributed by atoms with Crippen molar-refractivity contribution < 1.29 is 0 Å². The number of halogens is 2. The Hall–Kier alpha value is -1.63. The minimum Gasteiger partial charge on any atom is -0.279 e. The number of rotatable bonds is 3. The maximum Gasteiger partial charge on any atom is 0.352 e. The second-order valence-corrected chi connectivity index (χ2v) is 4.92. The van der Waals surface area contributed by atoms with E-state index in [0.29, 0.717) is 28.0 Å². The van der Waals surface area contributed by atoms with Gasteiger partial charge in [-0.2, -0.15) is 9.97 Å². The predicted octanol–water partition coefficient (Wildman–Crippen LogP) is 1.85. The van der Waals surface area contributed by atoms with Crippen molar-refractivity contribution in [1.29, 1.82) is 0 Å². The molecule has 0 spiro atoms. The van der Waals surface area contributed by atoms with Gasteiger partial charge in [-0.25, -0.2) is 10.6 Å². The minimum absolute atomic E-state index is 0.164. The van der Waals surface area contributed by atoms with Crippen LogP contribution in [-0.2, 0) is 7.05 Å². The van der Waals surface area contributed by atoms with Crippen LogP contribution in [0.5, 0.6) is 0 Å². The number of benzene rings is 1. The number of hydrogen-bond acceptors (Lipinski definition) is 5. The monoisotopic (exact) mass is 313 g/mol. The van der Waals surface area contributed by atoms with Gasteiger partial charge >= 0.3 is 5.69 Å². The average Bonchev–Trinajstić information content (AvgIpc) is 2.44. The fourth-order valence-electron chi connectivity index (χ4n) is 1.61. The first-order chi connectivity index (χ1) is 9.43. The van der Waals surface area contributed by atoms with Crippen LogP contribution in [0.25, 0.3) is 11.4 Å². The fraction of sp³-hybridized carbons (Fsp3) is 0.250. The van der Waals surface area contributed by atoms with Gasteiger partial charge in [0, 0.05) is 19.2 Å². The van der Waals surface area contributed by atoms with Crippen molar-refractivity contribution in [3.8, 4) is 11.4 Å². The van der Waals surface area contributed by atoms with Gasteiger partial charge < -0.3 is 0 Å². The van der Waals surface area contributed by atoms with Crippen molar-refractivity contribution in [1.82, 2.24) is 14.5 Å². The molecule has 1 aromatic carbocycles. The smallest absolute Gasteiger partial charge is 0.279 e. The lowest BCUT2D eigenvalue weighted by molar-refractivity contribution is 0.747. The highest BCUT2D eigenvalue weighted by Crippen LogP contribution is 2.27. The topological polar surface area (TPSA) is 77.0 Å². The van der Waals surface area contributed by atoms with Crippen LogP contribution in [0.3, 0.4) is 0 Å². The van der Waals surface area contributed by atoms with Gasteiger partial charge in [0.2, 0.25) is 5.95 Å². The van der Waals surface area contributed by atoms with E-state index in [2.05, 4.69) is 9.97 Å². The molecular formula is C12H13Cl2N5O. The molecule has 20 heavy (non-hydrogen) atoms. The number of hydrogen-bond donors (Lipinski definition) is 1. The Morgan fingerprint density at radius 1 is 1.30 bits per heavy atom. The highest BCUT2D eigenvalue weighted by atomic mass is 35.5. The first-order valence-corrected chi connectivity index (χ1v) is 6.62. The summed E-state index contributed by atoms with van der Waals surface area (Å²) in [6.45, 7) is 2.31. The number of nitrogens with zero attached hydrogens (tertiary/aromatic N) is 4. The zero-order valence-electron chi connectivity index (χ0n) is 11.0. The molecule has 0 saturated heterocycles. The largest absolute Gasteiger partial charge is 0.352 e. The van der Waals surface area contributed by atoms with E-state index in [-0.39, 0.29) is 5.95 Å². The van der Waals surface area contributed by atoms with Crippen molar-refractivity contribution in [3.05, 3.63) is 38.7 Å². The molecule has 1 heterocycles. The normalized spacial score (nSPS) is 10.7. The van der Waals surface area contributed by atoms with Gasteiger partial charge in [-0.1, -0.05) is 23.2 Å². The molecule has 0 aliphatic heterocycles. The Kier molecular flexibility index (Phi) is 4.27. The second-order valence-electron chi connectivity index (χ2n) is 4.10. The van der Waals surface area contributed by atoms with Gasteiger partial charge in [-0.3, -0.25) is 9.58 Å². The van der Waals surface area contributed by atoms with E-state index in [0.717, 1.165) is 0 Å². The van der Waals surface area contributed by atoms with Crippen molar-refractivity contribution in [2.24, 2.45) is 12.9 Å². The fourth-order valence-corrected chi connectivity index (χ4v) is 1.91. The summed E-state index contributed by atoms with van der Waals surface area (Å²) in [5.74, 6) is 6.31. The highest BCUT2D eigenvalue weighted by Gasteiger charge is 2.13. The standard InChI is InChI=1S/C12H13Cl2N5O/c1-3-19(15)11-16-10(18(2)12(20)17-11)7-4-5-8(13)9(14)6-7/h4-6H,3,15H2,1-2H3. The molecule has 0 fully saturated rings. The average molecular weight is 314 g/mol. The summed E-state index contributed by atoms with van der Waals surface area (Å²) in [6, 6.07) is 5.01. The first-order valence-electron chi connectivity index (χ1n) is 5.86. The summed E-state index contributed by atoms with van der Waals surface area (Å²) in [4.78, 5) is 20.0. The molecule has 0 aliphatic carbocycles. The van der Waals surface area contributed by atoms with Crippen LogP contribution in [0.1, 0.15) is 6.92 Å². The van der Waals surface area contributed by atoms with Crippen LogP contribution < -0.4 is 16.5 Å². The Morgan fingerprint density at radius 3 is 2.60 bits per heavy atom. The van der Waals surface area contributed by atoms with Gasteiger partial charge in [0.05, 0.1) is 10.0 Å². The van der Waals surface area contributed by atoms with Crippen LogP contribution in [0, 0.1) is 0 Å². The molecule has 1 aromatic heterocycles. The van der Waals surface area contributed by atoms with Gasteiger partial charge in [-0.15, -0.1) is 0 Å². The van der Waals surface area contributed by atoms with E-state index in [1.807, 2.05) is 6.92 Å². The maximum atomic E-state index is 11.9. The molecule has 2 aromatic rings. The molecule has 6 nitrogen and oxygen atoms in total. The second kappa shape index (κ2) is 5.78. The van der Waals surface area contributed by atoms with Crippen LogP contribution in [-0.4, -0.2) is 21.1 Å². The number of hydrazine groups is 1. The third-order valence-electron chi connectivity index (χ3n) is 2.78. The molecule has 0 saturated carbocycles. The quantitative estimate of drug-likeness (QED) is 0.691. The number of aromatic nitrogens is 3. The predicted molar refractivity (Wildman–Crippen MR) is 79.9 cm³/mol. The van der Waals surface area contributed by atoms with E-state index in [1.54, 1.807) is 25.2 Å². The van der Waals surface area contributed by atoms with Crippen LogP contribution >= 0.6 is 23.2 Å². The lowest BCUT2D eigenvalue weighted by Crippen LogP contribution is -2.36. The molecule has 106 valence electrons. The Balaban J connectivity index is 2.63. The van der Waals surface area contributed by atoms with E-state index in [4.69, 9.17) is 29.0 Å². The number of nitrogens with two attached hydrogens (primary N) is 1. The summed E-state index contributed by atoms with van der Waals surface area (Å²) < 4.78 is 1.33. The molecule has 2 rings (SSSR count). The zero-order chi connectivity index (χ0) is 14.9. The molecular weight excluding hydrogens is 301 g/mol. The SMILES string of the molecule is CCN(N)c1nc(-c2ccc(Cl)c(Cl)c2)n(C)c(=O)n1. The molecule has 8 heteroatoms. The summed E-state index contributed by atoms with van der Waals surface area (Å²) >= 11 is 11.9. The molecule has 0 radical (unpaired) electrons. The molecule has 0 amide bonds. The summed E-state index contributed by atoms with van der Waals surface area (Å²) in [6.07, 6.45) is 0. The molecule has 0 aliphatic rings. The maximum absolute atomic E-state index is 11.9. The lowest BCUT2D eigenvalue weighted by atomic mass is 10.2. The highest BCUT2D eigenvalue weighted by molar-refractivity contribution is 6.42. The van der Waals surface area contributed by atoms with E-state index in [1.165, 1.54) is 9.58 Å². The minimum atomic E-state index is -0.444. The molecule has 0 unspecified atom stereocenters. The Bertz CT molecular complexity index is 701. The van der Waals surface area contributed by atoms with Crippen molar-refractivity contribution in [2.45, 2.75) is 6.92 Å². The van der Waals surface area contributed by atoms with Crippen LogP contribution in [0.15, 0.2) is 23.0 Å². The van der Waals surface area contributed by atoms with Crippen LogP contribution in [0.4, 0.5) is 5.95 Å². The summed E-state index contributed by atoms with van der Waals surface area (Å²) in [5, 5.41) is 2.11. The van der Waals surface area contributed by atoms with Gasteiger partial charge in [0.25, 0.3) is 0 Å². The Labute approximate surface area is 125 Å². The van der Waals surface area contributed by atoms with Crippen molar-refractivity contribution in [2.75, 3.05) is 11.6 Å². The van der Waals surface area contributed by atoms with Gasteiger partial charge in [0.1, 0.15) is 5.82 Å². The van der Waals surface area contributed by atoms with Crippen molar-refractivity contribution >= 4 is 29.2 Å². The van der Waals surface area contributed by atoms with Gasteiger partial charge in [0.15, 0.2) is 0 Å². The lowest BCUT2D eigenvalue weighted by Gasteiger charge is -2.15. The Morgan fingerprint density at radius 2 is 2.00 bits per heavy atom. The van der Waals surface area contributed by atoms with E-state index >= 15 is 0 Å². The first kappa shape index (κ1) is 14.8. The van der Waals surface area contributed by atoms with Gasteiger partial charge in [-0.05, 0) is 25.1 Å². The number of anilines is 1. The summed E-state index contributed by atoms with van der Waals surface area (Å²) in [5.41, 5.74) is 0.215. The molecule has 2 N–H and O–H groups in total. The molecule has 0 atom stereocenters. The van der Waals surface area contributed by atoms with Crippen LogP contribution in [0.2, 0.25) is 10.0 Å². The van der Waals surface area contributed by atoms with E-state index in [9.17, 15) is 4.79 Å². The third-order valence-corrected chi connectivity index (χ3v) is 3.52. The summed E-state index contributed by atoms with van der Waals surface area (Å²) in [7, 11) is 1.58. The van der Waals surface area contributed by atoms with E-state index < -0.39 is 5.69 Å².